The van der Waals surface area contributed by atoms with Crippen molar-refractivity contribution in [1.82, 2.24) is 4.98 Å². The quantitative estimate of drug-likeness (QED) is 0.690. The van der Waals surface area contributed by atoms with Crippen molar-refractivity contribution < 1.29 is 9.68 Å². The Morgan fingerprint density at radius 2 is 2.15 bits per heavy atom. The van der Waals surface area contributed by atoms with E-state index in [0.29, 0.717) is 13.4 Å². The van der Waals surface area contributed by atoms with Gasteiger partial charge < -0.3 is 9.68 Å². The number of nitrogens with zero attached hydrogens (tertiary/aromatic N) is 1. The van der Waals surface area contributed by atoms with Crippen LogP contribution in [0.1, 0.15) is 0 Å². The van der Waals surface area contributed by atoms with E-state index in [1.54, 1.807) is 18.5 Å². The lowest BCUT2D eigenvalue weighted by atomic mass is 10.2. The number of fused-ring (bicyclic) bond motifs is 1. The van der Waals surface area contributed by atoms with Crippen molar-refractivity contribution in [1.29, 1.82) is 0 Å². The predicted molar refractivity (Wildman–Crippen MR) is 50.3 cm³/mol. The zero-order valence-corrected chi connectivity index (χ0v) is 6.84. The lowest BCUT2D eigenvalue weighted by Gasteiger charge is -2.02. The van der Waals surface area contributed by atoms with E-state index in [1.807, 2.05) is 18.2 Å². The molecular weight excluding hydrogens is 165 g/mol. The Kier molecular flexibility index (Phi) is 2.14. The van der Waals surface area contributed by atoms with E-state index in [0.717, 1.165) is 10.8 Å². The highest BCUT2D eigenvalue weighted by Gasteiger charge is 1.96. The van der Waals surface area contributed by atoms with E-state index in [1.165, 1.54) is 0 Å². The molecule has 1 aromatic carbocycles. The molecule has 0 aliphatic heterocycles. The van der Waals surface area contributed by atoms with Gasteiger partial charge in [-0.05, 0) is 23.6 Å². The van der Waals surface area contributed by atoms with Gasteiger partial charge in [-0.25, -0.2) is 0 Å². The van der Waals surface area contributed by atoms with Gasteiger partial charge in [0.25, 0.3) is 0 Å². The van der Waals surface area contributed by atoms with Gasteiger partial charge in [0, 0.05) is 17.8 Å². The third-order valence-electron chi connectivity index (χ3n) is 1.80. The van der Waals surface area contributed by atoms with Crippen LogP contribution in [-0.4, -0.2) is 17.7 Å². The Morgan fingerprint density at radius 3 is 3.00 bits per heavy atom. The number of benzene rings is 1. The summed E-state index contributed by atoms with van der Waals surface area (Å²) in [5.74, 6) is 0.600. The van der Waals surface area contributed by atoms with Gasteiger partial charge in [-0.15, -0.1) is 0 Å². The maximum atomic E-state index is 8.43. The molecular formula is C9H7BNO2. The molecule has 1 heterocycles. The summed E-state index contributed by atoms with van der Waals surface area (Å²) in [6.07, 6.45) is 3.49. The molecule has 0 saturated carbocycles. The molecule has 1 N–H and O–H groups in total. The van der Waals surface area contributed by atoms with Gasteiger partial charge in [0.15, 0.2) is 0 Å². The Labute approximate surface area is 76.3 Å². The molecule has 0 aliphatic carbocycles. The fraction of sp³-hybridized carbons (Fsp3) is 0. The van der Waals surface area contributed by atoms with Crippen LogP contribution in [0.3, 0.4) is 0 Å². The summed E-state index contributed by atoms with van der Waals surface area (Å²) in [4.78, 5) is 3.99. The topological polar surface area (TPSA) is 42.4 Å². The maximum Gasteiger partial charge on any atom is 0.569 e. The highest BCUT2D eigenvalue weighted by Crippen LogP contribution is 2.18. The molecule has 0 saturated heterocycles. The van der Waals surface area contributed by atoms with E-state index >= 15 is 0 Å². The Balaban J connectivity index is 2.49. The molecule has 0 unspecified atom stereocenters. The first kappa shape index (κ1) is 8.07. The van der Waals surface area contributed by atoms with Crippen molar-refractivity contribution in [3.05, 3.63) is 36.7 Å². The second-order valence-electron chi connectivity index (χ2n) is 2.61. The second kappa shape index (κ2) is 3.45. The molecule has 0 atom stereocenters. The van der Waals surface area contributed by atoms with Crippen LogP contribution in [0.2, 0.25) is 0 Å². The first-order valence-electron chi connectivity index (χ1n) is 3.86. The van der Waals surface area contributed by atoms with Crippen molar-refractivity contribution in [3.63, 3.8) is 0 Å². The van der Waals surface area contributed by atoms with Crippen molar-refractivity contribution in [2.45, 2.75) is 0 Å². The third-order valence-corrected chi connectivity index (χ3v) is 1.80. The van der Waals surface area contributed by atoms with E-state index in [9.17, 15) is 0 Å². The molecule has 63 valence electrons. The summed E-state index contributed by atoms with van der Waals surface area (Å²) in [6.45, 7) is 0. The zero-order chi connectivity index (χ0) is 9.10. The molecule has 13 heavy (non-hydrogen) atoms. The monoisotopic (exact) mass is 172 g/mol. The van der Waals surface area contributed by atoms with Crippen molar-refractivity contribution >= 4 is 18.5 Å². The molecule has 0 amide bonds. The van der Waals surface area contributed by atoms with Gasteiger partial charge in [0.1, 0.15) is 5.75 Å². The van der Waals surface area contributed by atoms with Crippen LogP contribution in [0.15, 0.2) is 36.7 Å². The molecule has 4 heteroatoms. The molecule has 3 nitrogen and oxygen atoms in total. The van der Waals surface area contributed by atoms with E-state index in [4.69, 9.17) is 9.68 Å². The highest BCUT2D eigenvalue weighted by atomic mass is 16.5. The van der Waals surface area contributed by atoms with Gasteiger partial charge in [0.2, 0.25) is 0 Å². The molecule has 0 bridgehead atoms. The minimum absolute atomic E-state index is 0.600. The van der Waals surface area contributed by atoms with Crippen molar-refractivity contribution in [2.24, 2.45) is 0 Å². The minimum Gasteiger partial charge on any atom is -0.537 e. The predicted octanol–water partition coefficient (Wildman–Crippen LogP) is 1.14. The van der Waals surface area contributed by atoms with E-state index < -0.39 is 0 Å². The first-order valence-corrected chi connectivity index (χ1v) is 3.86. The van der Waals surface area contributed by atoms with Gasteiger partial charge >= 0.3 is 7.69 Å². The van der Waals surface area contributed by atoms with Crippen LogP contribution in [-0.2, 0) is 0 Å². The normalized spacial score (nSPS) is 9.92. The molecule has 2 rings (SSSR count). The second-order valence-corrected chi connectivity index (χ2v) is 2.61. The SMILES string of the molecule is O[B]Oc1ccc2ccncc2c1. The summed E-state index contributed by atoms with van der Waals surface area (Å²) in [7, 11) is 0.664. The van der Waals surface area contributed by atoms with Crippen LogP contribution in [0, 0.1) is 0 Å². The Hall–Kier alpha value is -1.55. The largest absolute Gasteiger partial charge is 0.569 e. The van der Waals surface area contributed by atoms with Crippen LogP contribution in [0.25, 0.3) is 10.8 Å². The molecule has 2 aromatic rings. The van der Waals surface area contributed by atoms with Gasteiger partial charge in [-0.2, -0.15) is 0 Å². The average Bonchev–Trinajstić information content (AvgIpc) is 2.18. The lowest BCUT2D eigenvalue weighted by Crippen LogP contribution is -1.99. The van der Waals surface area contributed by atoms with Crippen LogP contribution in [0.4, 0.5) is 0 Å². The van der Waals surface area contributed by atoms with Gasteiger partial charge in [-0.1, -0.05) is 6.07 Å². The van der Waals surface area contributed by atoms with E-state index in [-0.39, 0.29) is 0 Å². The molecule has 1 aromatic heterocycles. The summed E-state index contributed by atoms with van der Waals surface area (Å²) in [5, 5.41) is 10.5. The Morgan fingerprint density at radius 1 is 1.23 bits per heavy atom. The zero-order valence-electron chi connectivity index (χ0n) is 6.84. The number of aromatic nitrogens is 1. The third kappa shape index (κ3) is 1.62. The van der Waals surface area contributed by atoms with Gasteiger partial charge in [0.05, 0.1) is 0 Å². The van der Waals surface area contributed by atoms with Crippen molar-refractivity contribution in [2.75, 3.05) is 0 Å². The van der Waals surface area contributed by atoms with Crippen molar-refractivity contribution in [3.8, 4) is 5.75 Å². The average molecular weight is 172 g/mol. The van der Waals surface area contributed by atoms with E-state index in [2.05, 4.69) is 4.98 Å². The number of rotatable bonds is 2. The maximum absolute atomic E-state index is 8.43. The minimum atomic E-state index is 0.600. The summed E-state index contributed by atoms with van der Waals surface area (Å²) in [5.41, 5.74) is 0. The summed E-state index contributed by atoms with van der Waals surface area (Å²) < 4.78 is 4.82. The fourth-order valence-electron chi connectivity index (χ4n) is 1.20. The van der Waals surface area contributed by atoms with Crippen LogP contribution >= 0.6 is 0 Å². The lowest BCUT2D eigenvalue weighted by molar-refractivity contribution is 0.454. The highest BCUT2D eigenvalue weighted by molar-refractivity contribution is 6.17. The van der Waals surface area contributed by atoms with Crippen LogP contribution in [0.5, 0.6) is 5.75 Å². The molecule has 0 aliphatic rings. The molecule has 1 radical (unpaired) electrons. The standard InChI is InChI=1S/C9H7BNO2/c12-10-13-9-2-1-7-3-4-11-6-8(7)5-9/h1-6,12H. The number of hydrogen-bond acceptors (Lipinski definition) is 3. The summed E-state index contributed by atoms with van der Waals surface area (Å²) >= 11 is 0. The number of pyridine rings is 1. The molecule has 0 fully saturated rings. The smallest absolute Gasteiger partial charge is 0.537 e. The molecule has 0 spiro atoms. The fourth-order valence-corrected chi connectivity index (χ4v) is 1.20. The first-order chi connectivity index (χ1) is 6.40. The Bertz CT molecular complexity index is 419. The summed E-state index contributed by atoms with van der Waals surface area (Å²) in [6, 6.07) is 7.43. The number of hydrogen-bond donors (Lipinski definition) is 1. The van der Waals surface area contributed by atoms with Gasteiger partial charge in [-0.3, -0.25) is 4.98 Å². The van der Waals surface area contributed by atoms with Crippen LogP contribution < -0.4 is 4.65 Å².